The van der Waals surface area contributed by atoms with Crippen LogP contribution in [0.5, 0.6) is 5.75 Å². The number of benzene rings is 6. The van der Waals surface area contributed by atoms with E-state index in [-0.39, 0.29) is 32.2 Å². The minimum atomic E-state index is -0.195. The number of phenols is 1. The Bertz CT molecular complexity index is 2820. The van der Waals surface area contributed by atoms with Crippen molar-refractivity contribution in [3.8, 4) is 67.5 Å². The summed E-state index contributed by atoms with van der Waals surface area (Å²) in [6, 6.07) is 60.0. The molecule has 0 saturated carbocycles. The number of fused-ring (bicyclic) bond motifs is 3. The van der Waals surface area contributed by atoms with Gasteiger partial charge < -0.3 is 9.67 Å². The molecule has 0 spiro atoms. The van der Waals surface area contributed by atoms with Gasteiger partial charge in [0.25, 0.3) is 0 Å². The van der Waals surface area contributed by atoms with E-state index in [0.29, 0.717) is 11.3 Å². The van der Waals surface area contributed by atoms with Crippen LogP contribution in [0.2, 0.25) is 0 Å². The molecule has 270 valence electrons. The average Bonchev–Trinajstić information content (AvgIpc) is 3.56. The van der Waals surface area contributed by atoms with Gasteiger partial charge in [0.15, 0.2) is 0 Å². The fraction of sp³-hybridized carbons (Fsp3) is 0.0800. The Kier molecular flexibility index (Phi) is 9.55. The van der Waals surface area contributed by atoms with Crippen molar-refractivity contribution in [3.05, 3.63) is 182 Å². The number of hydrogen-bond donors (Lipinski definition) is 1. The molecule has 9 rings (SSSR count). The molecule has 0 unspecified atom stereocenters. The van der Waals surface area contributed by atoms with Gasteiger partial charge in [0.2, 0.25) is 0 Å². The summed E-state index contributed by atoms with van der Waals surface area (Å²) >= 11 is 0. The van der Waals surface area contributed by atoms with Gasteiger partial charge in [-0.3, -0.25) is 9.97 Å². The first-order chi connectivity index (χ1) is 26.3. The average molecular weight is 892 g/mol. The first-order valence-corrected chi connectivity index (χ1v) is 18.3. The summed E-state index contributed by atoms with van der Waals surface area (Å²) in [4.78, 5) is 10.1. The second-order valence-corrected chi connectivity index (χ2v) is 14.7. The summed E-state index contributed by atoms with van der Waals surface area (Å²) in [5.74, 6) is 0.192. The maximum atomic E-state index is 10.9. The molecular weight excluding hydrogens is 854 g/mol. The summed E-state index contributed by atoms with van der Waals surface area (Å²) in [6.07, 6.45) is 1.90. The Hall–Kier alpha value is -6.09. The summed E-state index contributed by atoms with van der Waals surface area (Å²) < 4.78 is 2.37. The second-order valence-electron chi connectivity index (χ2n) is 14.7. The Morgan fingerprint density at radius 1 is 0.564 bits per heavy atom. The van der Waals surface area contributed by atoms with Gasteiger partial charge in [-0.05, 0) is 64.6 Å². The van der Waals surface area contributed by atoms with Crippen LogP contribution in [0.25, 0.3) is 83.5 Å². The van der Waals surface area contributed by atoms with E-state index in [1.165, 1.54) is 16.3 Å². The molecule has 6 aromatic carbocycles. The van der Waals surface area contributed by atoms with Gasteiger partial charge in [-0.1, -0.05) is 141 Å². The molecule has 0 aliphatic carbocycles. The van der Waals surface area contributed by atoms with Crippen LogP contribution in [0.4, 0.5) is 0 Å². The predicted molar refractivity (Wildman–Crippen MR) is 223 cm³/mol. The number of para-hydroxylation sites is 4. The number of rotatable bonds is 6. The third-order valence-electron chi connectivity index (χ3n) is 10.2. The minimum absolute atomic E-state index is 0. The normalized spacial score (nSPS) is 11.5. The molecule has 5 heteroatoms. The van der Waals surface area contributed by atoms with Crippen molar-refractivity contribution in [1.82, 2.24) is 14.5 Å². The topological polar surface area (TPSA) is 50.9 Å². The number of hydrogen-bond acceptors (Lipinski definition) is 3. The molecule has 3 heterocycles. The third-order valence-corrected chi connectivity index (χ3v) is 10.2. The Balaban J connectivity index is 0.00000427. The van der Waals surface area contributed by atoms with Crippen molar-refractivity contribution < 1.29 is 26.2 Å². The Labute approximate surface area is 336 Å². The largest absolute Gasteiger partial charge is 0.507 e. The van der Waals surface area contributed by atoms with Gasteiger partial charge in [0.05, 0.1) is 16.7 Å². The summed E-state index contributed by atoms with van der Waals surface area (Å²) in [5, 5.41) is 13.3. The SMILES string of the molecule is CC(C)(C)c1ccc(-c2cc(-c3cccc4c5ccccc5n(-c5ccccc5)c34)ccn2)[c-]c1-c1cc(-c2ccccc2)cc(-c2ccccc2O)n1.[Pt]. The van der Waals surface area contributed by atoms with Gasteiger partial charge in [-0.25, -0.2) is 0 Å². The molecule has 0 fully saturated rings. The first-order valence-electron chi connectivity index (χ1n) is 18.3. The van der Waals surface area contributed by atoms with E-state index in [0.717, 1.165) is 61.5 Å². The van der Waals surface area contributed by atoms with Gasteiger partial charge in [-0.2, -0.15) is 0 Å². The van der Waals surface area contributed by atoms with E-state index in [9.17, 15) is 5.11 Å². The van der Waals surface area contributed by atoms with E-state index in [2.05, 4.69) is 153 Å². The van der Waals surface area contributed by atoms with Crippen LogP contribution in [0.3, 0.4) is 0 Å². The molecule has 0 atom stereocenters. The number of aromatic nitrogens is 3. The van der Waals surface area contributed by atoms with Crippen molar-refractivity contribution >= 4 is 21.8 Å². The molecule has 0 saturated heterocycles. The van der Waals surface area contributed by atoms with E-state index >= 15 is 0 Å². The third kappa shape index (κ3) is 6.68. The molecule has 0 amide bonds. The maximum Gasteiger partial charge on any atom is 0.124 e. The first kappa shape index (κ1) is 35.9. The van der Waals surface area contributed by atoms with Crippen LogP contribution < -0.4 is 0 Å². The zero-order valence-electron chi connectivity index (χ0n) is 30.8. The quantitative estimate of drug-likeness (QED) is 0.169. The van der Waals surface area contributed by atoms with Crippen molar-refractivity contribution in [1.29, 1.82) is 0 Å². The van der Waals surface area contributed by atoms with E-state index in [4.69, 9.17) is 9.97 Å². The number of pyridine rings is 2. The summed E-state index contributed by atoms with van der Waals surface area (Å²) in [5.41, 5.74) is 13.5. The summed E-state index contributed by atoms with van der Waals surface area (Å²) in [6.45, 7) is 6.65. The fourth-order valence-electron chi connectivity index (χ4n) is 7.60. The predicted octanol–water partition coefficient (Wildman–Crippen LogP) is 12.7. The molecule has 3 aromatic heterocycles. The zero-order valence-corrected chi connectivity index (χ0v) is 33.0. The molecule has 9 aromatic rings. The standard InChI is InChI=1S/C50H38N3O.Pt/c1-50(2,3)43-26-25-35(29-42(43)46-32-36(33-15-6-4-7-16-33)31-45(52-46)41-20-11-13-24-48(41)54)44-30-34(27-28-51-44)38-21-14-22-40-39-19-10-12-23-47(39)53(49(38)40)37-17-8-5-9-18-37;/h4-28,30-32,54H,1-3H3;/q-1;. The Morgan fingerprint density at radius 2 is 1.22 bits per heavy atom. The van der Waals surface area contributed by atoms with Crippen LogP contribution in [0.1, 0.15) is 26.3 Å². The van der Waals surface area contributed by atoms with Crippen molar-refractivity contribution in [2.45, 2.75) is 26.2 Å². The van der Waals surface area contributed by atoms with Crippen LogP contribution >= 0.6 is 0 Å². The van der Waals surface area contributed by atoms with Crippen LogP contribution in [0.15, 0.2) is 170 Å². The van der Waals surface area contributed by atoms with E-state index in [1.54, 1.807) is 6.07 Å². The van der Waals surface area contributed by atoms with Crippen LogP contribution in [0, 0.1) is 6.07 Å². The minimum Gasteiger partial charge on any atom is -0.507 e. The molecule has 1 N–H and O–H groups in total. The number of aromatic hydroxyl groups is 1. The van der Waals surface area contributed by atoms with Crippen LogP contribution in [-0.2, 0) is 26.5 Å². The number of nitrogens with zero attached hydrogens (tertiary/aromatic N) is 3. The van der Waals surface area contributed by atoms with Crippen molar-refractivity contribution in [3.63, 3.8) is 0 Å². The van der Waals surface area contributed by atoms with Gasteiger partial charge >= 0.3 is 0 Å². The van der Waals surface area contributed by atoms with Gasteiger partial charge in [0.1, 0.15) is 5.75 Å². The molecule has 0 radical (unpaired) electrons. The number of phenolic OH excluding ortho intramolecular Hbond substituents is 1. The van der Waals surface area contributed by atoms with Crippen molar-refractivity contribution in [2.75, 3.05) is 0 Å². The monoisotopic (exact) mass is 891 g/mol. The summed E-state index contributed by atoms with van der Waals surface area (Å²) in [7, 11) is 0. The maximum absolute atomic E-state index is 10.9. The van der Waals surface area contributed by atoms with E-state index in [1.807, 2.05) is 42.6 Å². The van der Waals surface area contributed by atoms with E-state index < -0.39 is 0 Å². The van der Waals surface area contributed by atoms with Crippen LogP contribution in [-0.4, -0.2) is 19.6 Å². The smallest absolute Gasteiger partial charge is 0.124 e. The second kappa shape index (κ2) is 14.6. The zero-order chi connectivity index (χ0) is 36.8. The molecule has 0 aliphatic rings. The molecule has 4 nitrogen and oxygen atoms in total. The fourth-order valence-corrected chi connectivity index (χ4v) is 7.60. The van der Waals surface area contributed by atoms with Crippen molar-refractivity contribution in [2.24, 2.45) is 0 Å². The van der Waals surface area contributed by atoms with Gasteiger partial charge in [0, 0.05) is 66.2 Å². The molecule has 0 aliphatic heterocycles. The molecule has 0 bridgehead atoms. The molecule has 55 heavy (non-hydrogen) atoms. The van der Waals surface area contributed by atoms with Gasteiger partial charge in [-0.15, -0.1) is 23.8 Å². The molecular formula is C50H38N3OPt-. The Morgan fingerprint density at radius 3 is 2.00 bits per heavy atom.